The van der Waals surface area contributed by atoms with Crippen LogP contribution in [0, 0.1) is 0 Å². The van der Waals surface area contributed by atoms with Crippen LogP contribution >= 0.6 is 0 Å². The largest absolute Gasteiger partial charge is 0.872 e. The first-order valence-corrected chi connectivity index (χ1v) is 22.3. The minimum Gasteiger partial charge on any atom is -0.872 e. The van der Waals surface area contributed by atoms with E-state index in [9.17, 15) is 20.4 Å². The lowest BCUT2D eigenvalue weighted by Crippen LogP contribution is -2.33. The molecule has 0 amide bonds. The molecule has 0 aliphatic rings. The topological polar surface area (TPSA) is 121 Å². The fourth-order valence-corrected chi connectivity index (χ4v) is 8.81. The molecule has 9 nitrogen and oxygen atoms in total. The molecule has 9 aromatic carbocycles. The number of methoxy groups -OCH3 is 4. The Kier molecular flexibility index (Phi) is 14.5. The highest BCUT2D eigenvalue weighted by molar-refractivity contribution is 5.82. The molecule has 0 aliphatic heterocycles. The van der Waals surface area contributed by atoms with Crippen molar-refractivity contribution in [3.05, 3.63) is 252 Å². The standard InChI is InChI=1S/C32H26O4.C28H28NO4/c33-27-13-5-23(6-14-27)31(24-7-15-28(34)16-8-24)21-1-2-22(4-3-21)32(25-9-17-29(35)18-10-25)26-11-19-30(36)20-12-26;1-30-25-13-5-21(6-14-25)29(22-7-15-26(31-2)16-8-22,23-9-17-27(32-3)18-10-23)24-11-19-28(33-4)20-12-24/h1-20,31-36H;5-20H,1-4H3/q;+1/p-1. The van der Waals surface area contributed by atoms with Gasteiger partial charge in [0.15, 0.2) is 0 Å². The molecule has 0 aliphatic carbocycles. The van der Waals surface area contributed by atoms with Crippen LogP contribution < -0.4 is 28.5 Å². The van der Waals surface area contributed by atoms with E-state index in [1.165, 1.54) is 0 Å². The molecule has 69 heavy (non-hydrogen) atoms. The van der Waals surface area contributed by atoms with Gasteiger partial charge in [-0.25, -0.2) is 0 Å². The Labute approximate surface area is 403 Å². The molecule has 1 atom stereocenters. The van der Waals surface area contributed by atoms with Crippen molar-refractivity contribution in [1.82, 2.24) is 4.48 Å². The van der Waals surface area contributed by atoms with Crippen LogP contribution in [-0.2, 0) is 0 Å². The van der Waals surface area contributed by atoms with Crippen LogP contribution in [0.2, 0.25) is 0 Å². The van der Waals surface area contributed by atoms with Crippen LogP contribution in [0.15, 0.2) is 218 Å². The first-order chi connectivity index (χ1) is 33.6. The maximum atomic E-state index is 11.7. The smallest absolute Gasteiger partial charge is 0.148 e. The molecule has 9 heteroatoms. The maximum absolute atomic E-state index is 11.7. The Hall–Kier alpha value is -8.66. The highest BCUT2D eigenvalue weighted by atomic mass is 16.5. The number of phenolic OH excluding ortho intramolecular Hbond substituents is 3. The van der Waals surface area contributed by atoms with Crippen molar-refractivity contribution in [3.63, 3.8) is 0 Å². The third kappa shape index (κ3) is 10.3. The molecule has 0 aromatic heterocycles. The molecule has 1 unspecified atom stereocenters. The monoisotopic (exact) mass is 915 g/mol. The third-order valence-corrected chi connectivity index (χ3v) is 12.3. The fourth-order valence-electron chi connectivity index (χ4n) is 8.81. The van der Waals surface area contributed by atoms with Crippen molar-refractivity contribution in [2.75, 3.05) is 28.4 Å². The van der Waals surface area contributed by atoms with Gasteiger partial charge in [0.05, 0.1) is 28.4 Å². The molecule has 3 N–H and O–H groups in total. The van der Waals surface area contributed by atoms with Gasteiger partial charge in [-0.05, 0) is 118 Å². The maximum Gasteiger partial charge on any atom is 0.148 e. The molecule has 9 rings (SSSR count). The minimum atomic E-state index is -0.110. The summed E-state index contributed by atoms with van der Waals surface area (Å²) in [5.74, 6) is 3.59. The number of ether oxygens (including phenoxy) is 4. The summed E-state index contributed by atoms with van der Waals surface area (Å²) >= 11 is 0. The van der Waals surface area contributed by atoms with E-state index in [2.05, 4.69) is 72.8 Å². The average Bonchev–Trinajstić information content (AvgIpc) is 3.40. The summed E-state index contributed by atoms with van der Waals surface area (Å²) in [6.45, 7) is 0. The lowest BCUT2D eigenvalue weighted by molar-refractivity contribution is -0.268. The number of benzene rings is 9. The van der Waals surface area contributed by atoms with Crippen molar-refractivity contribution in [2.45, 2.75) is 11.8 Å². The second-order valence-corrected chi connectivity index (χ2v) is 16.3. The number of rotatable bonds is 14. The third-order valence-electron chi connectivity index (χ3n) is 12.3. The summed E-state index contributed by atoms with van der Waals surface area (Å²) in [5.41, 5.74) is 10.4. The zero-order valence-corrected chi connectivity index (χ0v) is 38.8. The Morgan fingerprint density at radius 1 is 0.290 bits per heavy atom. The van der Waals surface area contributed by atoms with E-state index in [-0.39, 0.29) is 34.8 Å². The quantitative estimate of drug-likeness (QED) is 0.0729. The van der Waals surface area contributed by atoms with Crippen LogP contribution in [-0.4, -0.2) is 43.8 Å². The first-order valence-electron chi connectivity index (χ1n) is 22.3. The van der Waals surface area contributed by atoms with Gasteiger partial charge in [0.1, 0.15) is 63.0 Å². The molecule has 346 valence electrons. The SMILES string of the molecule is COc1ccc([N+](c2ccc(OC)cc2)(c2ccc(OC)cc2)c2ccc(OC)cc2)cc1.[O-]c1ccc(C(c2ccc(O)cc2)c2ccc(C(c3ccc(O)cc3)c3ccc(O)cc3)cc2)cc1. The number of hydrogen-bond donors (Lipinski definition) is 3. The van der Waals surface area contributed by atoms with Crippen molar-refractivity contribution in [3.8, 4) is 46.0 Å². The second-order valence-electron chi connectivity index (χ2n) is 16.3. The van der Waals surface area contributed by atoms with Gasteiger partial charge in [-0.2, -0.15) is 4.48 Å². The van der Waals surface area contributed by atoms with Gasteiger partial charge < -0.3 is 39.4 Å². The predicted octanol–water partition coefficient (Wildman–Crippen LogP) is 13.3. The number of phenols is 3. The average molecular weight is 916 g/mol. The lowest BCUT2D eigenvalue weighted by Gasteiger charge is -2.37. The molecule has 9 aromatic rings. The van der Waals surface area contributed by atoms with E-state index >= 15 is 0 Å². The van der Waals surface area contributed by atoms with Crippen LogP contribution in [0.4, 0.5) is 22.7 Å². The van der Waals surface area contributed by atoms with E-state index in [0.29, 0.717) is 4.48 Å². The van der Waals surface area contributed by atoms with E-state index in [4.69, 9.17) is 18.9 Å². The van der Waals surface area contributed by atoms with Gasteiger partial charge >= 0.3 is 0 Å². The van der Waals surface area contributed by atoms with Crippen molar-refractivity contribution in [2.24, 2.45) is 0 Å². The molecule has 0 bridgehead atoms. The number of aromatic hydroxyl groups is 3. The second kappa shape index (κ2) is 21.3. The lowest BCUT2D eigenvalue weighted by atomic mass is 9.81. The van der Waals surface area contributed by atoms with E-state index < -0.39 is 0 Å². The summed E-state index contributed by atoms with van der Waals surface area (Å²) in [7, 11) is 6.70. The van der Waals surface area contributed by atoms with E-state index in [0.717, 1.165) is 79.1 Å². The van der Waals surface area contributed by atoms with Gasteiger partial charge in [0.25, 0.3) is 0 Å². The normalized spacial score (nSPS) is 11.5. The van der Waals surface area contributed by atoms with E-state index in [1.54, 1.807) is 77.0 Å². The van der Waals surface area contributed by atoms with Crippen molar-refractivity contribution in [1.29, 1.82) is 0 Å². The zero-order valence-electron chi connectivity index (χ0n) is 38.8. The molecule has 0 fully saturated rings. The van der Waals surface area contributed by atoms with Crippen LogP contribution in [0.3, 0.4) is 0 Å². The molecule has 0 saturated carbocycles. The molecular weight excluding hydrogens is 863 g/mol. The Bertz CT molecular complexity index is 2610. The van der Waals surface area contributed by atoms with Gasteiger partial charge in [-0.15, -0.1) is 5.75 Å². The summed E-state index contributed by atoms with van der Waals surface area (Å²) in [6.07, 6.45) is 0. The predicted molar refractivity (Wildman–Crippen MR) is 271 cm³/mol. The molecule has 0 spiro atoms. The van der Waals surface area contributed by atoms with Crippen LogP contribution in [0.5, 0.6) is 46.0 Å². The van der Waals surface area contributed by atoms with Gasteiger partial charge in [-0.3, -0.25) is 0 Å². The summed E-state index contributed by atoms with van der Waals surface area (Å²) < 4.78 is 22.1. The molecule has 0 radical (unpaired) electrons. The summed E-state index contributed by atoms with van der Waals surface area (Å²) in [6, 6.07) is 69.3. The summed E-state index contributed by atoms with van der Waals surface area (Å²) in [4.78, 5) is 0. The van der Waals surface area contributed by atoms with Crippen LogP contribution in [0.25, 0.3) is 0 Å². The highest BCUT2D eigenvalue weighted by Crippen LogP contribution is 2.52. The Balaban J connectivity index is 0.000000187. The zero-order chi connectivity index (χ0) is 48.3. The number of hydrogen-bond acceptors (Lipinski definition) is 8. The highest BCUT2D eigenvalue weighted by Gasteiger charge is 2.39. The number of nitrogens with zero attached hydrogens (tertiary/aromatic N) is 1. The van der Waals surface area contributed by atoms with E-state index in [1.807, 2.05) is 97.1 Å². The van der Waals surface area contributed by atoms with Gasteiger partial charge in [-0.1, -0.05) is 84.9 Å². The van der Waals surface area contributed by atoms with Crippen LogP contribution in [0.1, 0.15) is 45.2 Å². The first kappa shape index (κ1) is 46.9. The minimum absolute atomic E-state index is 0.0378. The summed E-state index contributed by atoms with van der Waals surface area (Å²) in [5, 5.41) is 41.1. The Morgan fingerprint density at radius 2 is 0.478 bits per heavy atom. The van der Waals surface area contributed by atoms with Gasteiger partial charge in [0.2, 0.25) is 0 Å². The van der Waals surface area contributed by atoms with Crippen molar-refractivity contribution < 1.29 is 39.4 Å². The Morgan fingerprint density at radius 3 is 0.681 bits per heavy atom. The van der Waals surface area contributed by atoms with Gasteiger partial charge in [0, 0.05) is 60.4 Å². The van der Waals surface area contributed by atoms with Crippen molar-refractivity contribution >= 4 is 22.7 Å². The molecule has 0 heterocycles. The number of quaternary nitrogens is 1. The fraction of sp³-hybridized carbons (Fsp3) is 0.100. The molecule has 0 saturated heterocycles. The molecular formula is C60H53NO8.